The fraction of sp³-hybridized carbons (Fsp3) is 0.455. The van der Waals surface area contributed by atoms with Crippen molar-refractivity contribution in [1.82, 2.24) is 4.72 Å². The summed E-state index contributed by atoms with van der Waals surface area (Å²) in [4.78, 5) is 0.241. The van der Waals surface area contributed by atoms with Crippen LogP contribution in [0, 0.1) is 6.92 Å². The number of halogens is 1. The highest BCUT2D eigenvalue weighted by atomic mass is 35.5. The molecule has 0 aromatic heterocycles. The molecule has 0 aliphatic carbocycles. The first-order chi connectivity index (χ1) is 7.86. The second kappa shape index (κ2) is 5.82. The van der Waals surface area contributed by atoms with Gasteiger partial charge in [-0.25, -0.2) is 13.1 Å². The first-order valence-corrected chi connectivity index (χ1v) is 7.24. The van der Waals surface area contributed by atoms with Crippen molar-refractivity contribution in [2.45, 2.75) is 31.2 Å². The van der Waals surface area contributed by atoms with Crippen LogP contribution in [0.15, 0.2) is 23.1 Å². The summed E-state index contributed by atoms with van der Waals surface area (Å²) in [6.45, 7) is 3.85. The van der Waals surface area contributed by atoms with E-state index in [1.807, 2.05) is 6.92 Å². The monoisotopic (exact) mass is 276 g/mol. The first kappa shape index (κ1) is 14.4. The summed E-state index contributed by atoms with van der Waals surface area (Å²) in [5, 5.41) is 0.520. The van der Waals surface area contributed by atoms with E-state index in [4.69, 9.17) is 17.3 Å². The topological polar surface area (TPSA) is 72.2 Å². The van der Waals surface area contributed by atoms with Gasteiger partial charge in [0.1, 0.15) is 0 Å². The minimum absolute atomic E-state index is 0.169. The van der Waals surface area contributed by atoms with E-state index in [2.05, 4.69) is 4.72 Å². The van der Waals surface area contributed by atoms with E-state index in [9.17, 15) is 8.42 Å². The van der Waals surface area contributed by atoms with Crippen LogP contribution in [0.5, 0.6) is 0 Å². The lowest BCUT2D eigenvalue weighted by Crippen LogP contribution is -2.36. The van der Waals surface area contributed by atoms with Gasteiger partial charge in [-0.05, 0) is 37.1 Å². The van der Waals surface area contributed by atoms with Crippen molar-refractivity contribution in [1.29, 1.82) is 0 Å². The molecule has 1 aromatic rings. The minimum atomic E-state index is -3.50. The molecule has 4 nitrogen and oxygen atoms in total. The number of rotatable bonds is 5. The number of sulfonamides is 1. The van der Waals surface area contributed by atoms with Crippen LogP contribution in [0.1, 0.15) is 18.9 Å². The van der Waals surface area contributed by atoms with Crippen LogP contribution in [-0.4, -0.2) is 21.0 Å². The predicted octanol–water partition coefficient (Wildman–Crippen LogP) is 1.66. The van der Waals surface area contributed by atoms with Crippen molar-refractivity contribution < 1.29 is 8.42 Å². The van der Waals surface area contributed by atoms with Gasteiger partial charge < -0.3 is 5.73 Å². The Hall–Kier alpha value is -0.620. The number of benzene rings is 1. The molecule has 0 spiro atoms. The quantitative estimate of drug-likeness (QED) is 0.859. The van der Waals surface area contributed by atoms with Crippen molar-refractivity contribution in [3.05, 3.63) is 28.8 Å². The lowest BCUT2D eigenvalue weighted by atomic mass is 10.2. The second-order valence-corrected chi connectivity index (χ2v) is 6.10. The van der Waals surface area contributed by atoms with Gasteiger partial charge in [0.15, 0.2) is 0 Å². The van der Waals surface area contributed by atoms with Gasteiger partial charge in [0, 0.05) is 17.6 Å². The van der Waals surface area contributed by atoms with Crippen molar-refractivity contribution in [3.8, 4) is 0 Å². The van der Waals surface area contributed by atoms with E-state index >= 15 is 0 Å². The fourth-order valence-corrected chi connectivity index (χ4v) is 2.90. The van der Waals surface area contributed by atoms with Crippen LogP contribution in [-0.2, 0) is 10.0 Å². The summed E-state index contributed by atoms with van der Waals surface area (Å²) < 4.78 is 26.4. The average molecular weight is 277 g/mol. The van der Waals surface area contributed by atoms with E-state index < -0.39 is 10.0 Å². The maximum atomic E-state index is 12.0. The van der Waals surface area contributed by atoms with Gasteiger partial charge in [0.2, 0.25) is 10.0 Å². The molecule has 6 heteroatoms. The third-order valence-corrected chi connectivity index (χ3v) is 4.31. The lowest BCUT2D eigenvalue weighted by Gasteiger charge is -2.12. The average Bonchev–Trinajstić information content (AvgIpc) is 2.25. The molecule has 0 aliphatic heterocycles. The zero-order valence-corrected chi connectivity index (χ0v) is 11.5. The molecule has 0 amide bonds. The molecular formula is C11H17ClN2O2S. The van der Waals surface area contributed by atoms with Crippen LogP contribution >= 0.6 is 11.6 Å². The van der Waals surface area contributed by atoms with Gasteiger partial charge >= 0.3 is 0 Å². The first-order valence-electron chi connectivity index (χ1n) is 5.38. The second-order valence-electron chi connectivity index (χ2n) is 3.93. The Morgan fingerprint density at radius 2 is 2.12 bits per heavy atom. The lowest BCUT2D eigenvalue weighted by molar-refractivity contribution is 0.563. The molecule has 1 aromatic carbocycles. The van der Waals surface area contributed by atoms with Crippen molar-refractivity contribution in [3.63, 3.8) is 0 Å². The molecule has 0 radical (unpaired) electrons. The van der Waals surface area contributed by atoms with Crippen LogP contribution in [0.4, 0.5) is 0 Å². The fourth-order valence-electron chi connectivity index (χ4n) is 1.35. The Balaban J connectivity index is 2.90. The highest BCUT2D eigenvalue weighted by Crippen LogP contribution is 2.19. The molecule has 1 rings (SSSR count). The Morgan fingerprint density at radius 1 is 1.47 bits per heavy atom. The van der Waals surface area contributed by atoms with Crippen molar-refractivity contribution in [2.24, 2.45) is 5.73 Å². The summed E-state index contributed by atoms with van der Waals surface area (Å²) in [5.41, 5.74) is 6.29. The molecule has 3 N–H and O–H groups in total. The summed E-state index contributed by atoms with van der Waals surface area (Å²) >= 11 is 5.78. The van der Waals surface area contributed by atoms with E-state index in [1.54, 1.807) is 19.1 Å². The smallest absolute Gasteiger partial charge is 0.240 e. The molecule has 0 saturated carbocycles. The predicted molar refractivity (Wildman–Crippen MR) is 69.6 cm³/mol. The highest BCUT2D eigenvalue weighted by Gasteiger charge is 2.17. The Morgan fingerprint density at radius 3 is 2.65 bits per heavy atom. The largest absolute Gasteiger partial charge is 0.327 e. The zero-order chi connectivity index (χ0) is 13.1. The molecule has 0 heterocycles. The molecule has 0 bridgehead atoms. The number of hydrogen-bond acceptors (Lipinski definition) is 3. The number of nitrogens with one attached hydrogen (secondary N) is 1. The number of aryl methyl sites for hydroxylation is 1. The molecule has 1 atom stereocenters. The minimum Gasteiger partial charge on any atom is -0.327 e. The molecule has 0 aliphatic rings. The van der Waals surface area contributed by atoms with Gasteiger partial charge in [0.25, 0.3) is 0 Å². The zero-order valence-electron chi connectivity index (χ0n) is 9.90. The van der Waals surface area contributed by atoms with Crippen LogP contribution < -0.4 is 10.5 Å². The van der Waals surface area contributed by atoms with E-state index in [1.165, 1.54) is 6.07 Å². The number of nitrogens with two attached hydrogens (primary N) is 1. The highest BCUT2D eigenvalue weighted by molar-refractivity contribution is 7.89. The molecule has 0 saturated heterocycles. The molecule has 17 heavy (non-hydrogen) atoms. The van der Waals surface area contributed by atoms with Gasteiger partial charge in [0.05, 0.1) is 4.90 Å². The Bertz CT molecular complexity index is 488. The van der Waals surface area contributed by atoms with Gasteiger partial charge in [-0.15, -0.1) is 0 Å². The van der Waals surface area contributed by atoms with Crippen LogP contribution in [0.25, 0.3) is 0 Å². The van der Waals surface area contributed by atoms with Crippen molar-refractivity contribution >= 4 is 21.6 Å². The van der Waals surface area contributed by atoms with Gasteiger partial charge in [-0.1, -0.05) is 18.5 Å². The van der Waals surface area contributed by atoms with E-state index in [0.29, 0.717) is 10.6 Å². The summed E-state index contributed by atoms with van der Waals surface area (Å²) in [6.07, 6.45) is 0.724. The maximum Gasteiger partial charge on any atom is 0.240 e. The summed E-state index contributed by atoms with van der Waals surface area (Å²) in [5.74, 6) is 0. The third kappa shape index (κ3) is 3.96. The summed E-state index contributed by atoms with van der Waals surface area (Å²) in [6, 6.07) is 4.51. The summed E-state index contributed by atoms with van der Waals surface area (Å²) in [7, 11) is -3.50. The van der Waals surface area contributed by atoms with E-state index in [-0.39, 0.29) is 17.5 Å². The Labute approximate surface area is 107 Å². The SMILES string of the molecule is CCC(N)CNS(=O)(=O)c1ccc(Cl)cc1C. The maximum absolute atomic E-state index is 12.0. The molecule has 96 valence electrons. The van der Waals surface area contributed by atoms with E-state index in [0.717, 1.165) is 6.42 Å². The van der Waals surface area contributed by atoms with Crippen molar-refractivity contribution in [2.75, 3.05) is 6.54 Å². The Kier molecular flexibility index (Phi) is 4.94. The number of hydrogen-bond donors (Lipinski definition) is 2. The molecule has 0 fully saturated rings. The van der Waals surface area contributed by atoms with Gasteiger partial charge in [-0.2, -0.15) is 0 Å². The standard InChI is InChI=1S/C11H17ClN2O2S/c1-3-10(13)7-14-17(15,16)11-5-4-9(12)6-8(11)2/h4-6,10,14H,3,7,13H2,1-2H3. The van der Waals surface area contributed by atoms with Crippen LogP contribution in [0.2, 0.25) is 5.02 Å². The van der Waals surface area contributed by atoms with Gasteiger partial charge in [-0.3, -0.25) is 0 Å². The molecular weight excluding hydrogens is 260 g/mol. The normalized spacial score (nSPS) is 13.6. The van der Waals surface area contributed by atoms with Crippen LogP contribution in [0.3, 0.4) is 0 Å². The molecule has 1 unspecified atom stereocenters. The third-order valence-electron chi connectivity index (χ3n) is 2.49.